The van der Waals surface area contributed by atoms with Crippen LogP contribution in [0.3, 0.4) is 0 Å². The van der Waals surface area contributed by atoms with Crippen molar-refractivity contribution >= 4 is 5.97 Å². The van der Waals surface area contributed by atoms with E-state index in [-0.39, 0.29) is 5.69 Å². The molecule has 0 fully saturated rings. The first-order valence-electron chi connectivity index (χ1n) is 4.67. The third-order valence-electron chi connectivity index (χ3n) is 2.50. The van der Waals surface area contributed by atoms with Gasteiger partial charge in [0.1, 0.15) is 5.69 Å². The lowest BCUT2D eigenvalue weighted by Gasteiger charge is -1.98. The molecule has 0 radical (unpaired) electrons. The number of aryl methyl sites for hydroxylation is 2. The number of aromatic amines is 1. The Morgan fingerprint density at radius 2 is 2.06 bits per heavy atom. The highest BCUT2D eigenvalue weighted by molar-refractivity contribution is 5.93. The van der Waals surface area contributed by atoms with Crippen molar-refractivity contribution < 1.29 is 9.90 Å². The zero-order valence-corrected chi connectivity index (χ0v) is 9.14. The Labute approximate surface area is 91.1 Å². The monoisotopic (exact) mass is 221 g/mol. The zero-order chi connectivity index (χ0) is 11.9. The van der Waals surface area contributed by atoms with E-state index in [1.807, 2.05) is 13.8 Å². The van der Waals surface area contributed by atoms with E-state index >= 15 is 0 Å². The normalized spacial score (nSPS) is 10.7. The van der Waals surface area contributed by atoms with E-state index in [4.69, 9.17) is 5.11 Å². The van der Waals surface area contributed by atoms with Gasteiger partial charge < -0.3 is 5.11 Å². The van der Waals surface area contributed by atoms with Crippen molar-refractivity contribution in [2.75, 3.05) is 0 Å². The summed E-state index contributed by atoms with van der Waals surface area (Å²) in [7, 11) is 1.80. The predicted octanol–water partition coefficient (Wildman–Crippen LogP) is 0.520. The van der Waals surface area contributed by atoms with Gasteiger partial charge in [-0.3, -0.25) is 4.68 Å². The van der Waals surface area contributed by atoms with Crippen LogP contribution in [0.1, 0.15) is 21.9 Å². The molecule has 0 unspecified atom stereocenters. The fraction of sp³-hybridized carbons (Fsp3) is 0.333. The number of aromatic nitrogens is 5. The molecule has 0 saturated heterocycles. The van der Waals surface area contributed by atoms with Crippen molar-refractivity contribution in [3.05, 3.63) is 17.1 Å². The second kappa shape index (κ2) is 3.44. The second-order valence-electron chi connectivity index (χ2n) is 3.50. The second-order valence-corrected chi connectivity index (χ2v) is 3.50. The van der Waals surface area contributed by atoms with E-state index in [1.54, 1.807) is 11.7 Å². The molecule has 2 rings (SSSR count). The van der Waals surface area contributed by atoms with Crippen LogP contribution in [0.4, 0.5) is 0 Å². The minimum atomic E-state index is -1.11. The van der Waals surface area contributed by atoms with Gasteiger partial charge in [0.05, 0.1) is 5.69 Å². The minimum Gasteiger partial charge on any atom is -0.476 e. The summed E-state index contributed by atoms with van der Waals surface area (Å²) in [5.41, 5.74) is 2.55. The van der Waals surface area contributed by atoms with Gasteiger partial charge in [0.25, 0.3) is 0 Å². The van der Waals surface area contributed by atoms with Gasteiger partial charge in [-0.25, -0.2) is 4.79 Å². The van der Waals surface area contributed by atoms with Gasteiger partial charge in [0.15, 0.2) is 5.69 Å². The Balaban J connectivity index is 2.67. The molecule has 2 aromatic heterocycles. The summed E-state index contributed by atoms with van der Waals surface area (Å²) < 4.78 is 1.69. The maximum absolute atomic E-state index is 10.9. The number of H-pyrrole nitrogens is 1. The van der Waals surface area contributed by atoms with Crippen LogP contribution < -0.4 is 0 Å². The van der Waals surface area contributed by atoms with E-state index in [2.05, 4.69) is 20.5 Å². The van der Waals surface area contributed by atoms with Crippen LogP contribution in [-0.4, -0.2) is 36.3 Å². The highest BCUT2D eigenvalue weighted by Gasteiger charge is 2.22. The SMILES string of the molecule is Cc1nn(C)c(C)c1-c1n[nH]nc1C(=O)O. The average Bonchev–Trinajstić information content (AvgIpc) is 2.73. The molecule has 0 saturated carbocycles. The Bertz CT molecular complexity index is 554. The lowest BCUT2D eigenvalue weighted by molar-refractivity contribution is 0.0691. The first-order valence-corrected chi connectivity index (χ1v) is 4.67. The summed E-state index contributed by atoms with van der Waals surface area (Å²) in [4.78, 5) is 10.9. The summed E-state index contributed by atoms with van der Waals surface area (Å²) in [6.07, 6.45) is 0. The molecule has 84 valence electrons. The van der Waals surface area contributed by atoms with E-state index in [0.29, 0.717) is 11.3 Å². The largest absolute Gasteiger partial charge is 0.476 e. The number of hydrogen-bond acceptors (Lipinski definition) is 4. The number of aromatic carboxylic acids is 1. The summed E-state index contributed by atoms with van der Waals surface area (Å²) in [5.74, 6) is -1.11. The van der Waals surface area contributed by atoms with Gasteiger partial charge in [-0.1, -0.05) is 0 Å². The maximum atomic E-state index is 10.9. The van der Waals surface area contributed by atoms with Gasteiger partial charge >= 0.3 is 5.97 Å². The van der Waals surface area contributed by atoms with Crippen molar-refractivity contribution in [1.29, 1.82) is 0 Å². The molecule has 0 aliphatic heterocycles. The molecule has 0 aliphatic carbocycles. The third-order valence-corrected chi connectivity index (χ3v) is 2.50. The van der Waals surface area contributed by atoms with Crippen LogP contribution >= 0.6 is 0 Å². The van der Waals surface area contributed by atoms with Gasteiger partial charge in [0, 0.05) is 18.3 Å². The van der Waals surface area contributed by atoms with Gasteiger partial charge in [-0.2, -0.15) is 15.4 Å². The third kappa shape index (κ3) is 1.37. The fourth-order valence-corrected chi connectivity index (χ4v) is 1.67. The van der Waals surface area contributed by atoms with Crippen molar-refractivity contribution in [3.63, 3.8) is 0 Å². The first-order chi connectivity index (χ1) is 7.52. The molecular formula is C9H11N5O2. The number of hydrogen-bond donors (Lipinski definition) is 2. The zero-order valence-electron chi connectivity index (χ0n) is 9.14. The maximum Gasteiger partial charge on any atom is 0.358 e. The van der Waals surface area contributed by atoms with Crippen LogP contribution in [0, 0.1) is 13.8 Å². The number of nitrogens with zero attached hydrogens (tertiary/aromatic N) is 4. The Morgan fingerprint density at radius 3 is 2.56 bits per heavy atom. The summed E-state index contributed by atoms with van der Waals surface area (Å²) in [6, 6.07) is 0. The smallest absolute Gasteiger partial charge is 0.358 e. The average molecular weight is 221 g/mol. The molecule has 2 N–H and O–H groups in total. The van der Waals surface area contributed by atoms with Crippen molar-refractivity contribution in [1.82, 2.24) is 25.2 Å². The fourth-order valence-electron chi connectivity index (χ4n) is 1.67. The molecule has 0 bridgehead atoms. The number of rotatable bonds is 2. The topological polar surface area (TPSA) is 96.7 Å². The molecule has 0 aliphatic rings. The molecule has 0 aromatic carbocycles. The first kappa shape index (κ1) is 10.3. The molecular weight excluding hydrogens is 210 g/mol. The van der Waals surface area contributed by atoms with Crippen LogP contribution in [0.15, 0.2) is 0 Å². The van der Waals surface area contributed by atoms with Gasteiger partial charge in [-0.05, 0) is 13.8 Å². The molecule has 0 spiro atoms. The van der Waals surface area contributed by atoms with E-state index < -0.39 is 5.97 Å². The standard InChI is InChI=1S/C9H11N5O2/c1-4-6(5(2)14(3)12-4)7-8(9(15)16)11-13-10-7/h1-3H3,(H,15,16)(H,10,11,13). The molecule has 0 amide bonds. The van der Waals surface area contributed by atoms with E-state index in [9.17, 15) is 4.79 Å². The summed E-state index contributed by atoms with van der Waals surface area (Å²) in [6.45, 7) is 3.66. The molecule has 0 atom stereocenters. The van der Waals surface area contributed by atoms with Crippen molar-refractivity contribution in [3.8, 4) is 11.3 Å². The highest BCUT2D eigenvalue weighted by Crippen LogP contribution is 2.26. The Morgan fingerprint density at radius 1 is 1.38 bits per heavy atom. The molecule has 7 nitrogen and oxygen atoms in total. The summed E-state index contributed by atoms with van der Waals surface area (Å²) >= 11 is 0. The summed E-state index contributed by atoms with van der Waals surface area (Å²) in [5, 5.41) is 23.0. The predicted molar refractivity (Wildman–Crippen MR) is 55.0 cm³/mol. The molecule has 7 heteroatoms. The van der Waals surface area contributed by atoms with Crippen molar-refractivity contribution in [2.24, 2.45) is 7.05 Å². The lowest BCUT2D eigenvalue weighted by atomic mass is 10.1. The van der Waals surface area contributed by atoms with E-state index in [1.165, 1.54) is 0 Å². The number of carboxylic acid groups (broad SMARTS) is 1. The van der Waals surface area contributed by atoms with Crippen LogP contribution in [0.5, 0.6) is 0 Å². The highest BCUT2D eigenvalue weighted by atomic mass is 16.4. The number of nitrogens with one attached hydrogen (secondary N) is 1. The Kier molecular flexibility index (Phi) is 2.22. The molecule has 2 heterocycles. The number of carbonyl (C=O) groups is 1. The molecule has 2 aromatic rings. The van der Waals surface area contributed by atoms with Crippen LogP contribution in [-0.2, 0) is 7.05 Å². The van der Waals surface area contributed by atoms with Crippen molar-refractivity contribution in [2.45, 2.75) is 13.8 Å². The van der Waals surface area contributed by atoms with Gasteiger partial charge in [-0.15, -0.1) is 5.10 Å². The minimum absolute atomic E-state index is 0.0841. The molecule has 16 heavy (non-hydrogen) atoms. The van der Waals surface area contributed by atoms with E-state index in [0.717, 1.165) is 11.4 Å². The van der Waals surface area contributed by atoms with Crippen LogP contribution in [0.25, 0.3) is 11.3 Å². The number of carboxylic acids is 1. The van der Waals surface area contributed by atoms with Gasteiger partial charge in [0.2, 0.25) is 0 Å². The quantitative estimate of drug-likeness (QED) is 0.770. The lowest BCUT2D eigenvalue weighted by Crippen LogP contribution is -2.00. The Hall–Kier alpha value is -2.18. The van der Waals surface area contributed by atoms with Crippen LogP contribution in [0.2, 0.25) is 0 Å².